The van der Waals surface area contributed by atoms with Crippen molar-refractivity contribution in [2.24, 2.45) is 0 Å². The van der Waals surface area contributed by atoms with Gasteiger partial charge in [0.25, 0.3) is 0 Å². The lowest BCUT2D eigenvalue weighted by Gasteiger charge is -2.34. The van der Waals surface area contributed by atoms with Crippen molar-refractivity contribution >= 4 is 5.91 Å². The fourth-order valence-corrected chi connectivity index (χ4v) is 4.47. The quantitative estimate of drug-likeness (QED) is 0.923. The van der Waals surface area contributed by atoms with Gasteiger partial charge in [-0.1, -0.05) is 29.8 Å². The van der Waals surface area contributed by atoms with Gasteiger partial charge in [0.15, 0.2) is 0 Å². The van der Waals surface area contributed by atoms with Crippen LogP contribution in [0.25, 0.3) is 11.1 Å². The zero-order valence-corrected chi connectivity index (χ0v) is 15.7. The van der Waals surface area contributed by atoms with E-state index < -0.39 is 0 Å². The number of aryl methyl sites for hydroxylation is 1. The van der Waals surface area contributed by atoms with Crippen LogP contribution < -0.4 is 0 Å². The van der Waals surface area contributed by atoms with Crippen LogP contribution in [0.5, 0.6) is 0 Å². The maximum Gasteiger partial charge on any atom is 0.239 e. The number of amides is 1. The van der Waals surface area contributed by atoms with E-state index in [2.05, 4.69) is 58.2 Å². The number of nitrogens with one attached hydrogen (secondary N) is 1. The Kier molecular flexibility index (Phi) is 4.81. The van der Waals surface area contributed by atoms with Crippen LogP contribution in [0.1, 0.15) is 42.9 Å². The summed E-state index contributed by atoms with van der Waals surface area (Å²) in [5.41, 5.74) is 4.91. The van der Waals surface area contributed by atoms with Crippen molar-refractivity contribution in [3.8, 4) is 11.1 Å². The number of rotatable bonds is 3. The molecule has 1 amide bonds. The van der Waals surface area contributed by atoms with Gasteiger partial charge in [0.2, 0.25) is 5.91 Å². The van der Waals surface area contributed by atoms with Crippen LogP contribution in [-0.2, 0) is 4.79 Å². The molecule has 1 atom stereocenters. The van der Waals surface area contributed by atoms with E-state index in [0.717, 1.165) is 45.3 Å². The molecular formula is C21H28N4O. The number of benzene rings is 1. The first kappa shape index (κ1) is 17.3. The van der Waals surface area contributed by atoms with Gasteiger partial charge in [-0.3, -0.25) is 14.8 Å². The van der Waals surface area contributed by atoms with Crippen LogP contribution in [0, 0.1) is 6.92 Å². The lowest BCUT2D eigenvalue weighted by atomic mass is 9.89. The molecule has 2 fully saturated rings. The Balaban J connectivity index is 1.44. The van der Waals surface area contributed by atoms with Gasteiger partial charge in [0.05, 0.1) is 12.2 Å². The zero-order chi connectivity index (χ0) is 18.1. The molecule has 1 aromatic carbocycles. The van der Waals surface area contributed by atoms with Crippen LogP contribution in [0.15, 0.2) is 30.5 Å². The number of hydrogen-bond acceptors (Lipinski definition) is 3. The van der Waals surface area contributed by atoms with Crippen molar-refractivity contribution in [3.63, 3.8) is 0 Å². The summed E-state index contributed by atoms with van der Waals surface area (Å²) in [6.07, 6.45) is 6.09. The molecule has 2 aromatic rings. The first-order valence-electron chi connectivity index (χ1n) is 9.73. The van der Waals surface area contributed by atoms with Crippen LogP contribution in [0.2, 0.25) is 0 Å². The van der Waals surface area contributed by atoms with Gasteiger partial charge < -0.3 is 4.90 Å². The predicted molar refractivity (Wildman–Crippen MR) is 103 cm³/mol. The molecular weight excluding hydrogens is 324 g/mol. The normalized spacial score (nSPS) is 22.1. The van der Waals surface area contributed by atoms with E-state index in [0.29, 0.717) is 11.8 Å². The molecule has 0 radical (unpaired) electrons. The Morgan fingerprint density at radius 1 is 1.19 bits per heavy atom. The third kappa shape index (κ3) is 3.28. The number of carbonyl (C=O) groups excluding carboxylic acids is 1. The first-order valence-corrected chi connectivity index (χ1v) is 9.73. The summed E-state index contributed by atoms with van der Waals surface area (Å²) < 4.78 is 0. The Morgan fingerprint density at radius 2 is 2.00 bits per heavy atom. The minimum absolute atomic E-state index is 0.0987. The topological polar surface area (TPSA) is 52.2 Å². The molecule has 4 rings (SSSR count). The Labute approximate surface area is 155 Å². The largest absolute Gasteiger partial charge is 0.341 e. The summed E-state index contributed by atoms with van der Waals surface area (Å²) in [5, 5.41) is 7.56. The Bertz CT molecular complexity index is 776. The highest BCUT2D eigenvalue weighted by Gasteiger charge is 2.34. The van der Waals surface area contributed by atoms with E-state index in [1.54, 1.807) is 0 Å². The van der Waals surface area contributed by atoms with E-state index in [-0.39, 0.29) is 6.04 Å². The van der Waals surface area contributed by atoms with E-state index in [1.165, 1.54) is 22.4 Å². The molecule has 5 heteroatoms. The van der Waals surface area contributed by atoms with Gasteiger partial charge in [0.1, 0.15) is 0 Å². The molecule has 1 N–H and O–H groups in total. The third-order valence-electron chi connectivity index (χ3n) is 6.02. The average Bonchev–Trinajstić information content (AvgIpc) is 3.30. The number of H-pyrrole nitrogens is 1. The van der Waals surface area contributed by atoms with Gasteiger partial charge in [0, 0.05) is 30.3 Å². The van der Waals surface area contributed by atoms with Crippen LogP contribution >= 0.6 is 0 Å². The van der Waals surface area contributed by atoms with Crippen LogP contribution in [-0.4, -0.2) is 58.6 Å². The monoisotopic (exact) mass is 352 g/mol. The predicted octanol–water partition coefficient (Wildman–Crippen LogP) is 3.19. The summed E-state index contributed by atoms with van der Waals surface area (Å²) in [6, 6.07) is 8.68. The molecule has 2 saturated heterocycles. The van der Waals surface area contributed by atoms with Crippen molar-refractivity contribution in [1.29, 1.82) is 0 Å². The number of aromatic amines is 1. The molecule has 0 saturated carbocycles. The number of likely N-dealkylation sites (N-methyl/N-ethyl adjacent to an activating group) is 1. The Hall–Kier alpha value is -2.14. The summed E-state index contributed by atoms with van der Waals surface area (Å²) in [4.78, 5) is 17.1. The van der Waals surface area contributed by atoms with Gasteiger partial charge in [-0.25, -0.2) is 0 Å². The lowest BCUT2D eigenvalue weighted by molar-refractivity contribution is -0.136. The molecule has 0 spiro atoms. The van der Waals surface area contributed by atoms with Crippen molar-refractivity contribution in [3.05, 3.63) is 41.7 Å². The smallest absolute Gasteiger partial charge is 0.239 e. The number of hydrogen-bond donors (Lipinski definition) is 1. The fraction of sp³-hybridized carbons (Fsp3) is 0.524. The van der Waals surface area contributed by atoms with E-state index in [1.807, 2.05) is 6.20 Å². The van der Waals surface area contributed by atoms with E-state index in [4.69, 9.17) is 0 Å². The molecule has 1 aromatic heterocycles. The maximum atomic E-state index is 12.8. The SMILES string of the molecule is Cc1cccc(-c2cn[nH]c2C2CCN(C(=O)[C@@H]3CCCN3C)CC2)c1. The lowest BCUT2D eigenvalue weighted by Crippen LogP contribution is -2.47. The summed E-state index contributed by atoms with van der Waals surface area (Å²) in [6.45, 7) is 4.86. The maximum absolute atomic E-state index is 12.8. The van der Waals surface area contributed by atoms with Gasteiger partial charge >= 0.3 is 0 Å². The highest BCUT2D eigenvalue weighted by Crippen LogP contribution is 2.34. The van der Waals surface area contributed by atoms with E-state index in [9.17, 15) is 4.79 Å². The second kappa shape index (κ2) is 7.23. The minimum atomic E-state index is 0.0987. The average molecular weight is 352 g/mol. The number of nitrogens with zero attached hydrogens (tertiary/aromatic N) is 3. The highest BCUT2D eigenvalue weighted by molar-refractivity contribution is 5.82. The molecule has 138 valence electrons. The standard InChI is InChI=1S/C21H28N4O/c1-15-5-3-6-17(13-15)18-14-22-23-20(18)16-8-11-25(12-9-16)21(26)19-7-4-10-24(19)2/h3,5-6,13-14,16,19H,4,7-12H2,1-2H3,(H,22,23)/t19-/m0/s1. The summed E-state index contributed by atoms with van der Waals surface area (Å²) in [5.74, 6) is 0.769. The molecule has 0 aliphatic carbocycles. The molecule has 0 unspecified atom stereocenters. The number of likely N-dealkylation sites (tertiary alicyclic amines) is 2. The number of piperidine rings is 1. The second-order valence-corrected chi connectivity index (χ2v) is 7.81. The molecule has 5 nitrogen and oxygen atoms in total. The summed E-state index contributed by atoms with van der Waals surface area (Å²) in [7, 11) is 2.07. The van der Waals surface area contributed by atoms with Crippen molar-refractivity contribution in [2.75, 3.05) is 26.7 Å². The highest BCUT2D eigenvalue weighted by atomic mass is 16.2. The van der Waals surface area contributed by atoms with Crippen LogP contribution in [0.3, 0.4) is 0 Å². The first-order chi connectivity index (χ1) is 12.6. The van der Waals surface area contributed by atoms with Crippen LogP contribution in [0.4, 0.5) is 0 Å². The molecule has 2 aliphatic rings. The second-order valence-electron chi connectivity index (χ2n) is 7.81. The number of aromatic nitrogens is 2. The van der Waals surface area contributed by atoms with Crippen molar-refractivity contribution in [1.82, 2.24) is 20.0 Å². The fourth-order valence-electron chi connectivity index (χ4n) is 4.47. The van der Waals surface area contributed by atoms with E-state index >= 15 is 0 Å². The number of carbonyl (C=O) groups is 1. The molecule has 3 heterocycles. The van der Waals surface area contributed by atoms with Crippen molar-refractivity contribution < 1.29 is 4.79 Å². The minimum Gasteiger partial charge on any atom is -0.341 e. The van der Waals surface area contributed by atoms with Gasteiger partial charge in [-0.05, 0) is 51.8 Å². The summed E-state index contributed by atoms with van der Waals surface area (Å²) >= 11 is 0. The Morgan fingerprint density at radius 3 is 2.69 bits per heavy atom. The molecule has 26 heavy (non-hydrogen) atoms. The molecule has 0 bridgehead atoms. The van der Waals surface area contributed by atoms with Gasteiger partial charge in [-0.2, -0.15) is 5.10 Å². The zero-order valence-electron chi connectivity index (χ0n) is 15.7. The third-order valence-corrected chi connectivity index (χ3v) is 6.02. The van der Waals surface area contributed by atoms with Crippen molar-refractivity contribution in [2.45, 2.75) is 44.6 Å². The molecule has 2 aliphatic heterocycles. The van der Waals surface area contributed by atoms with Gasteiger partial charge in [-0.15, -0.1) is 0 Å².